The van der Waals surface area contributed by atoms with Crippen molar-refractivity contribution in [3.05, 3.63) is 33.5 Å². The zero-order valence-corrected chi connectivity index (χ0v) is 12.5. The van der Waals surface area contributed by atoms with E-state index in [0.29, 0.717) is 0 Å². The molecule has 0 fully saturated rings. The maximum Gasteiger partial charge on any atom is 0.267 e. The summed E-state index contributed by atoms with van der Waals surface area (Å²) in [5, 5.41) is 6.51. The lowest BCUT2D eigenvalue weighted by Gasteiger charge is -2.16. The van der Waals surface area contributed by atoms with E-state index in [0.717, 1.165) is 27.8 Å². The number of hydrogen-bond acceptors (Lipinski definition) is 5. The van der Waals surface area contributed by atoms with Crippen LogP contribution in [0.15, 0.2) is 22.5 Å². The van der Waals surface area contributed by atoms with Gasteiger partial charge in [0.15, 0.2) is 5.82 Å². The number of aromatic nitrogens is 2. The molecule has 0 aliphatic heterocycles. The molecule has 0 bridgehead atoms. The lowest BCUT2D eigenvalue weighted by atomic mass is 10.3. The molecular weight excluding hydrogens is 336 g/mol. The van der Waals surface area contributed by atoms with E-state index < -0.39 is 20.9 Å². The van der Waals surface area contributed by atoms with Crippen molar-refractivity contribution in [1.29, 1.82) is 0 Å². The highest BCUT2D eigenvalue weighted by Crippen LogP contribution is 2.32. The molecule has 5 nitrogen and oxygen atoms in total. The van der Waals surface area contributed by atoms with Gasteiger partial charge in [-0.3, -0.25) is 0 Å². The van der Waals surface area contributed by atoms with Gasteiger partial charge in [-0.2, -0.15) is 0 Å². The second-order valence-corrected chi connectivity index (χ2v) is 6.90. The second-order valence-electron chi connectivity index (χ2n) is 3.37. The van der Waals surface area contributed by atoms with E-state index in [9.17, 15) is 12.8 Å². The second kappa shape index (κ2) is 5.20. The first kappa shape index (κ1) is 14.4. The van der Waals surface area contributed by atoms with Gasteiger partial charge in [0, 0.05) is 7.05 Å². The lowest BCUT2D eigenvalue weighted by molar-refractivity contribution is 0.589. The smallest absolute Gasteiger partial charge is 0.243 e. The summed E-state index contributed by atoms with van der Waals surface area (Å²) in [5.41, 5.74) is 1.38. The summed E-state index contributed by atoms with van der Waals surface area (Å²) < 4.78 is 39.0. The van der Waals surface area contributed by atoms with Gasteiger partial charge in [-0.15, -0.1) is 10.2 Å². The van der Waals surface area contributed by atoms with Crippen molar-refractivity contribution >= 4 is 49.7 Å². The molecule has 0 radical (unpaired) electrons. The van der Waals surface area contributed by atoms with E-state index in [2.05, 4.69) is 10.2 Å². The summed E-state index contributed by atoms with van der Waals surface area (Å²) in [4.78, 5) is -0.381. The minimum Gasteiger partial charge on any atom is -0.243 e. The number of benzene rings is 1. The molecule has 2 aromatic rings. The van der Waals surface area contributed by atoms with Gasteiger partial charge in [0.2, 0.25) is 5.13 Å². The highest BCUT2D eigenvalue weighted by atomic mass is 35.5. The van der Waals surface area contributed by atoms with Crippen LogP contribution < -0.4 is 4.31 Å². The van der Waals surface area contributed by atoms with Gasteiger partial charge in [0.05, 0.1) is 10.0 Å². The third kappa shape index (κ3) is 2.53. The van der Waals surface area contributed by atoms with Crippen molar-refractivity contribution in [2.24, 2.45) is 0 Å². The summed E-state index contributed by atoms with van der Waals surface area (Å²) in [6.07, 6.45) is 0. The van der Waals surface area contributed by atoms with E-state index in [1.165, 1.54) is 12.6 Å². The Bertz CT molecular complexity index is 707. The highest BCUT2D eigenvalue weighted by Gasteiger charge is 2.28. The van der Waals surface area contributed by atoms with Crippen LogP contribution in [-0.4, -0.2) is 25.7 Å². The minimum absolute atomic E-state index is 0.145. The molecule has 0 atom stereocenters. The van der Waals surface area contributed by atoms with Gasteiger partial charge in [-0.25, -0.2) is 17.1 Å². The zero-order valence-electron chi connectivity index (χ0n) is 9.34. The van der Waals surface area contributed by atoms with E-state index in [1.54, 1.807) is 0 Å². The minimum atomic E-state index is -4.02. The summed E-state index contributed by atoms with van der Waals surface area (Å²) in [7, 11) is -2.74. The predicted octanol–water partition coefficient (Wildman–Crippen LogP) is 2.81. The van der Waals surface area contributed by atoms with E-state index in [-0.39, 0.29) is 15.0 Å². The fourth-order valence-corrected chi connectivity index (χ4v) is 3.87. The van der Waals surface area contributed by atoms with Crippen molar-refractivity contribution in [2.45, 2.75) is 4.90 Å². The first-order chi connectivity index (χ1) is 8.85. The standard InChI is InChI=1S/C9H6Cl2FN3O2S2/c1-15(9-14-13-4-18-9)19(16,17)6-3-2-5(10)8(12)7(6)11/h2-4H,1H3. The Morgan fingerprint density at radius 2 is 2.05 bits per heavy atom. The van der Waals surface area contributed by atoms with E-state index >= 15 is 0 Å². The van der Waals surface area contributed by atoms with Crippen molar-refractivity contribution < 1.29 is 12.8 Å². The molecule has 0 aliphatic rings. The number of anilines is 1. The van der Waals surface area contributed by atoms with E-state index in [4.69, 9.17) is 23.2 Å². The lowest BCUT2D eigenvalue weighted by Crippen LogP contribution is -2.27. The van der Waals surface area contributed by atoms with Crippen molar-refractivity contribution in [3.8, 4) is 0 Å². The van der Waals surface area contributed by atoms with Crippen LogP contribution in [0.4, 0.5) is 9.52 Å². The van der Waals surface area contributed by atoms with Crippen molar-refractivity contribution in [1.82, 2.24) is 10.2 Å². The molecule has 0 saturated heterocycles. The predicted molar refractivity (Wildman–Crippen MR) is 71.9 cm³/mol. The molecule has 0 unspecified atom stereocenters. The number of hydrogen-bond donors (Lipinski definition) is 0. The van der Waals surface area contributed by atoms with Crippen LogP contribution in [0.2, 0.25) is 10.0 Å². The number of sulfonamides is 1. The number of rotatable bonds is 3. The molecule has 0 aliphatic carbocycles. The molecule has 0 N–H and O–H groups in total. The van der Waals surface area contributed by atoms with Crippen molar-refractivity contribution in [3.63, 3.8) is 0 Å². The maximum absolute atomic E-state index is 13.6. The Labute approximate surface area is 122 Å². The third-order valence-electron chi connectivity index (χ3n) is 2.26. The van der Waals surface area contributed by atoms with Gasteiger partial charge in [0.1, 0.15) is 10.4 Å². The summed E-state index contributed by atoms with van der Waals surface area (Å²) >= 11 is 12.2. The first-order valence-electron chi connectivity index (χ1n) is 4.74. The molecular formula is C9H6Cl2FN3O2S2. The summed E-state index contributed by atoms with van der Waals surface area (Å²) in [6, 6.07) is 2.27. The molecule has 10 heteroatoms. The van der Waals surface area contributed by atoms with Crippen LogP contribution in [-0.2, 0) is 10.0 Å². The fourth-order valence-electron chi connectivity index (χ4n) is 1.26. The fraction of sp³-hybridized carbons (Fsp3) is 0.111. The van der Waals surface area contributed by atoms with Crippen molar-refractivity contribution in [2.75, 3.05) is 11.4 Å². The molecule has 1 aromatic carbocycles. The van der Waals surface area contributed by atoms with Crippen LogP contribution in [0, 0.1) is 5.82 Å². The molecule has 19 heavy (non-hydrogen) atoms. The van der Waals surface area contributed by atoms with Gasteiger partial charge >= 0.3 is 0 Å². The highest BCUT2D eigenvalue weighted by molar-refractivity contribution is 7.93. The molecule has 2 rings (SSSR count). The maximum atomic E-state index is 13.6. The SMILES string of the molecule is CN(c1nncs1)S(=O)(=O)c1ccc(Cl)c(F)c1Cl. The summed E-state index contributed by atoms with van der Waals surface area (Å²) in [6.45, 7) is 0. The Morgan fingerprint density at radius 1 is 1.37 bits per heavy atom. The monoisotopic (exact) mass is 341 g/mol. The first-order valence-corrected chi connectivity index (χ1v) is 7.82. The van der Waals surface area contributed by atoms with Gasteiger partial charge in [-0.1, -0.05) is 34.5 Å². The average Bonchev–Trinajstić information content (AvgIpc) is 2.88. The van der Waals surface area contributed by atoms with Crippen LogP contribution in [0.3, 0.4) is 0 Å². The molecule has 1 aromatic heterocycles. The topological polar surface area (TPSA) is 63.2 Å². The molecule has 0 saturated carbocycles. The molecule has 0 spiro atoms. The largest absolute Gasteiger partial charge is 0.267 e. The number of halogens is 3. The number of nitrogens with zero attached hydrogens (tertiary/aromatic N) is 3. The van der Waals surface area contributed by atoms with Gasteiger partial charge < -0.3 is 0 Å². The third-order valence-corrected chi connectivity index (χ3v) is 5.70. The Morgan fingerprint density at radius 3 is 2.63 bits per heavy atom. The Kier molecular flexibility index (Phi) is 3.95. The molecule has 102 valence electrons. The van der Waals surface area contributed by atoms with Crippen LogP contribution in [0.25, 0.3) is 0 Å². The Balaban J connectivity index is 2.55. The van der Waals surface area contributed by atoms with Crippen LogP contribution in [0.5, 0.6) is 0 Å². The van der Waals surface area contributed by atoms with E-state index in [1.807, 2.05) is 0 Å². The molecule has 1 heterocycles. The average molecular weight is 342 g/mol. The normalized spacial score (nSPS) is 11.6. The summed E-state index contributed by atoms with van der Waals surface area (Å²) in [5.74, 6) is -0.977. The van der Waals surface area contributed by atoms with Gasteiger partial charge in [-0.05, 0) is 12.1 Å². The van der Waals surface area contributed by atoms with Crippen LogP contribution >= 0.6 is 34.5 Å². The molecule has 0 amide bonds. The zero-order chi connectivity index (χ0) is 14.2. The van der Waals surface area contributed by atoms with Crippen LogP contribution in [0.1, 0.15) is 0 Å². The quantitative estimate of drug-likeness (QED) is 0.805. The Hall–Kier alpha value is -0.960. The van der Waals surface area contributed by atoms with Gasteiger partial charge in [0.25, 0.3) is 10.0 Å².